The first-order chi connectivity index (χ1) is 9.17. The molecule has 5 nitrogen and oxygen atoms in total. The van der Waals surface area contributed by atoms with Gasteiger partial charge in [-0.25, -0.2) is 0 Å². The number of nitrogens with one attached hydrogen (secondary N) is 1. The van der Waals surface area contributed by atoms with Crippen molar-refractivity contribution in [3.8, 4) is 0 Å². The van der Waals surface area contributed by atoms with Gasteiger partial charge in [-0.2, -0.15) is 0 Å². The van der Waals surface area contributed by atoms with Crippen LogP contribution in [0.2, 0.25) is 0 Å². The minimum Gasteiger partial charge on any atom is -0.382 e. The second kappa shape index (κ2) is 6.02. The van der Waals surface area contributed by atoms with E-state index < -0.39 is 0 Å². The fourth-order valence-corrected chi connectivity index (χ4v) is 2.94. The quantitative estimate of drug-likeness (QED) is 0.655. The van der Waals surface area contributed by atoms with Gasteiger partial charge in [-0.3, -0.25) is 15.0 Å². The molecule has 0 aromatic heterocycles. The summed E-state index contributed by atoms with van der Waals surface area (Å²) in [5, 5.41) is 14.0. The van der Waals surface area contributed by atoms with Crippen LogP contribution in [0.4, 0.5) is 11.4 Å². The molecule has 1 unspecified atom stereocenters. The Morgan fingerprint density at radius 1 is 1.53 bits per heavy atom. The van der Waals surface area contributed by atoms with Crippen LogP contribution < -0.4 is 5.32 Å². The summed E-state index contributed by atoms with van der Waals surface area (Å²) >= 11 is 0. The minimum atomic E-state index is -0.323. The molecule has 1 aliphatic heterocycles. The van der Waals surface area contributed by atoms with Crippen LogP contribution in [-0.4, -0.2) is 29.5 Å². The van der Waals surface area contributed by atoms with Gasteiger partial charge >= 0.3 is 0 Å². The van der Waals surface area contributed by atoms with Crippen LogP contribution in [0.1, 0.15) is 31.7 Å². The second-order valence-corrected chi connectivity index (χ2v) is 4.99. The molecule has 1 aromatic carbocycles. The topological polar surface area (TPSA) is 58.4 Å². The molecular weight excluding hydrogens is 242 g/mol. The van der Waals surface area contributed by atoms with E-state index in [0.717, 1.165) is 25.1 Å². The van der Waals surface area contributed by atoms with E-state index in [0.29, 0.717) is 11.7 Å². The summed E-state index contributed by atoms with van der Waals surface area (Å²) in [7, 11) is 1.74. The standard InChI is InChI=1S/C14H21N3O2/c1-3-12-7-5-9-16(12)10-11-6-4-8-13(17(18)19)14(11)15-2/h4,6,8,12,15H,3,5,7,9-10H2,1-2H3. The molecular formula is C14H21N3O2. The molecule has 1 aliphatic rings. The van der Waals surface area contributed by atoms with Crippen LogP contribution in [0.5, 0.6) is 0 Å². The van der Waals surface area contributed by atoms with Crippen LogP contribution >= 0.6 is 0 Å². The number of hydrogen-bond acceptors (Lipinski definition) is 4. The number of benzene rings is 1. The van der Waals surface area contributed by atoms with Gasteiger partial charge in [0.05, 0.1) is 4.92 Å². The SMILES string of the molecule is CCC1CCCN1Cc1cccc([N+](=O)[O-])c1NC. The molecule has 0 aliphatic carbocycles. The summed E-state index contributed by atoms with van der Waals surface area (Å²) in [5.74, 6) is 0. The third-order valence-electron chi connectivity index (χ3n) is 3.92. The maximum absolute atomic E-state index is 11.0. The van der Waals surface area contributed by atoms with E-state index in [1.807, 2.05) is 6.07 Å². The third-order valence-corrected chi connectivity index (χ3v) is 3.92. The molecule has 0 amide bonds. The second-order valence-electron chi connectivity index (χ2n) is 4.99. The fourth-order valence-electron chi connectivity index (χ4n) is 2.94. The zero-order valence-corrected chi connectivity index (χ0v) is 11.6. The lowest BCUT2D eigenvalue weighted by molar-refractivity contribution is -0.384. The summed E-state index contributed by atoms with van der Waals surface area (Å²) in [6.45, 7) is 4.08. The third kappa shape index (κ3) is 2.87. The summed E-state index contributed by atoms with van der Waals surface area (Å²) in [5.41, 5.74) is 1.82. The number of nitrogens with zero attached hydrogens (tertiary/aromatic N) is 2. The van der Waals surface area contributed by atoms with Gasteiger partial charge in [0.1, 0.15) is 5.69 Å². The van der Waals surface area contributed by atoms with E-state index in [4.69, 9.17) is 0 Å². The van der Waals surface area contributed by atoms with Gasteiger partial charge in [-0.15, -0.1) is 0 Å². The van der Waals surface area contributed by atoms with E-state index >= 15 is 0 Å². The van der Waals surface area contributed by atoms with Crippen molar-refractivity contribution in [2.75, 3.05) is 18.9 Å². The Hall–Kier alpha value is -1.62. The van der Waals surface area contributed by atoms with E-state index in [9.17, 15) is 10.1 Å². The van der Waals surface area contributed by atoms with Crippen molar-refractivity contribution >= 4 is 11.4 Å². The lowest BCUT2D eigenvalue weighted by Crippen LogP contribution is -2.28. The lowest BCUT2D eigenvalue weighted by atomic mass is 10.1. The Morgan fingerprint density at radius 3 is 2.95 bits per heavy atom. The Bertz CT molecular complexity index is 462. The Balaban J connectivity index is 2.24. The average molecular weight is 263 g/mol. The maximum Gasteiger partial charge on any atom is 0.292 e. The van der Waals surface area contributed by atoms with Crippen molar-refractivity contribution in [2.24, 2.45) is 0 Å². The fraction of sp³-hybridized carbons (Fsp3) is 0.571. The maximum atomic E-state index is 11.0. The first-order valence-electron chi connectivity index (χ1n) is 6.85. The summed E-state index contributed by atoms with van der Waals surface area (Å²) in [6, 6.07) is 5.91. The van der Waals surface area contributed by atoms with Crippen LogP contribution in [-0.2, 0) is 6.54 Å². The average Bonchev–Trinajstić information content (AvgIpc) is 2.85. The summed E-state index contributed by atoms with van der Waals surface area (Å²) in [4.78, 5) is 13.2. The van der Waals surface area contributed by atoms with Gasteiger partial charge in [0.2, 0.25) is 0 Å². The van der Waals surface area contributed by atoms with Gasteiger partial charge < -0.3 is 5.32 Å². The first-order valence-corrected chi connectivity index (χ1v) is 6.85. The van der Waals surface area contributed by atoms with Crippen molar-refractivity contribution in [3.05, 3.63) is 33.9 Å². The molecule has 1 saturated heterocycles. The van der Waals surface area contributed by atoms with Gasteiger partial charge in [0.15, 0.2) is 0 Å². The molecule has 104 valence electrons. The Labute approximate surface area is 113 Å². The van der Waals surface area contributed by atoms with E-state index in [1.165, 1.54) is 12.8 Å². The van der Waals surface area contributed by atoms with Gasteiger partial charge in [-0.1, -0.05) is 19.1 Å². The van der Waals surface area contributed by atoms with Crippen molar-refractivity contribution < 1.29 is 4.92 Å². The van der Waals surface area contributed by atoms with Crippen molar-refractivity contribution in [2.45, 2.75) is 38.8 Å². The summed E-state index contributed by atoms with van der Waals surface area (Å²) in [6.07, 6.45) is 3.60. The predicted molar refractivity (Wildman–Crippen MR) is 76.4 cm³/mol. The van der Waals surface area contributed by atoms with Gasteiger partial charge in [0.25, 0.3) is 5.69 Å². The normalized spacial score (nSPS) is 19.6. The molecule has 0 radical (unpaired) electrons. The number of anilines is 1. The highest BCUT2D eigenvalue weighted by molar-refractivity contribution is 5.66. The molecule has 0 spiro atoms. The Morgan fingerprint density at radius 2 is 2.32 bits per heavy atom. The van der Waals surface area contributed by atoms with E-state index in [-0.39, 0.29) is 10.6 Å². The molecule has 1 aromatic rings. The first kappa shape index (κ1) is 13.8. The largest absolute Gasteiger partial charge is 0.382 e. The highest BCUT2D eigenvalue weighted by Crippen LogP contribution is 2.31. The van der Waals surface area contributed by atoms with Crippen LogP contribution in [0, 0.1) is 10.1 Å². The molecule has 1 fully saturated rings. The van der Waals surface area contributed by atoms with E-state index in [2.05, 4.69) is 17.1 Å². The van der Waals surface area contributed by atoms with Gasteiger partial charge in [-0.05, 0) is 31.4 Å². The monoisotopic (exact) mass is 263 g/mol. The summed E-state index contributed by atoms with van der Waals surface area (Å²) < 4.78 is 0. The molecule has 1 N–H and O–H groups in total. The molecule has 1 heterocycles. The molecule has 1 atom stereocenters. The minimum absolute atomic E-state index is 0.159. The molecule has 2 rings (SSSR count). The number of nitro benzene ring substituents is 1. The van der Waals surface area contributed by atoms with Crippen molar-refractivity contribution in [3.63, 3.8) is 0 Å². The van der Waals surface area contributed by atoms with Crippen LogP contribution in [0.3, 0.4) is 0 Å². The smallest absolute Gasteiger partial charge is 0.292 e. The number of rotatable bonds is 5. The van der Waals surface area contributed by atoms with E-state index in [1.54, 1.807) is 19.2 Å². The highest BCUT2D eigenvalue weighted by Gasteiger charge is 2.25. The molecule has 19 heavy (non-hydrogen) atoms. The van der Waals surface area contributed by atoms with Crippen molar-refractivity contribution in [1.29, 1.82) is 0 Å². The van der Waals surface area contributed by atoms with Crippen LogP contribution in [0.15, 0.2) is 18.2 Å². The Kier molecular flexibility index (Phi) is 4.37. The molecule has 5 heteroatoms. The zero-order valence-electron chi connectivity index (χ0n) is 11.6. The number of nitro groups is 1. The van der Waals surface area contributed by atoms with Gasteiger partial charge in [0, 0.05) is 25.7 Å². The molecule has 0 bridgehead atoms. The van der Waals surface area contributed by atoms with Crippen LogP contribution in [0.25, 0.3) is 0 Å². The molecule has 0 saturated carbocycles. The zero-order chi connectivity index (χ0) is 13.8. The number of likely N-dealkylation sites (tertiary alicyclic amines) is 1. The van der Waals surface area contributed by atoms with Crippen molar-refractivity contribution in [1.82, 2.24) is 4.90 Å². The highest BCUT2D eigenvalue weighted by atomic mass is 16.6. The number of para-hydroxylation sites is 1. The lowest BCUT2D eigenvalue weighted by Gasteiger charge is -2.24. The number of hydrogen-bond donors (Lipinski definition) is 1. The predicted octanol–water partition coefficient (Wildman–Crippen LogP) is 3.01.